The van der Waals surface area contributed by atoms with E-state index in [2.05, 4.69) is 39.7 Å². The Hall–Kier alpha value is -1.54. The van der Waals surface area contributed by atoms with Crippen molar-refractivity contribution in [1.29, 1.82) is 0 Å². The largest absolute Gasteiger partial charge is 0.379 e. The smallest absolute Gasteiger partial charge is 0.251 e. The van der Waals surface area contributed by atoms with Gasteiger partial charge in [-0.15, -0.1) is 0 Å². The van der Waals surface area contributed by atoms with Gasteiger partial charge in [0.05, 0.1) is 23.3 Å². The molecule has 1 fully saturated rings. The van der Waals surface area contributed by atoms with Crippen LogP contribution in [0, 0.1) is 0 Å². The van der Waals surface area contributed by atoms with Gasteiger partial charge in [-0.2, -0.15) is 0 Å². The zero-order valence-corrected chi connectivity index (χ0v) is 18.2. The maximum atomic E-state index is 12.2. The SMILES string of the molecule is CN=C(NCCNC(=O)c1ccc(Cl)c(Cl)c1)NCC(C)(C)N1CCOCC1. The summed E-state index contributed by atoms with van der Waals surface area (Å²) >= 11 is 11.8. The van der Waals surface area contributed by atoms with Gasteiger partial charge in [0.2, 0.25) is 0 Å². The molecule has 2 rings (SSSR count). The Labute approximate surface area is 176 Å². The van der Waals surface area contributed by atoms with Gasteiger partial charge in [0.15, 0.2) is 5.96 Å². The number of morpholine rings is 1. The first-order valence-corrected chi connectivity index (χ1v) is 10.1. The molecule has 1 aliphatic heterocycles. The summed E-state index contributed by atoms with van der Waals surface area (Å²) < 4.78 is 5.42. The van der Waals surface area contributed by atoms with Crippen molar-refractivity contribution >= 4 is 35.1 Å². The van der Waals surface area contributed by atoms with E-state index in [1.54, 1.807) is 25.2 Å². The van der Waals surface area contributed by atoms with Crippen LogP contribution in [0.5, 0.6) is 0 Å². The van der Waals surface area contributed by atoms with Gasteiger partial charge in [0.1, 0.15) is 0 Å². The molecular weight excluding hydrogens is 401 g/mol. The van der Waals surface area contributed by atoms with E-state index in [9.17, 15) is 4.79 Å². The highest BCUT2D eigenvalue weighted by Gasteiger charge is 2.28. The number of hydrogen-bond acceptors (Lipinski definition) is 4. The second kappa shape index (κ2) is 10.9. The molecule has 28 heavy (non-hydrogen) atoms. The van der Waals surface area contributed by atoms with Crippen molar-refractivity contribution in [2.24, 2.45) is 4.99 Å². The number of rotatable bonds is 7. The first-order valence-electron chi connectivity index (χ1n) is 9.34. The molecule has 0 radical (unpaired) electrons. The summed E-state index contributed by atoms with van der Waals surface area (Å²) in [4.78, 5) is 18.8. The van der Waals surface area contributed by atoms with Crippen molar-refractivity contribution in [2.75, 3.05) is 53.0 Å². The Morgan fingerprint density at radius 2 is 1.82 bits per heavy atom. The van der Waals surface area contributed by atoms with Gasteiger partial charge in [-0.1, -0.05) is 23.2 Å². The highest BCUT2D eigenvalue weighted by molar-refractivity contribution is 6.42. The Kier molecular flexibility index (Phi) is 8.82. The molecule has 7 nitrogen and oxygen atoms in total. The lowest BCUT2D eigenvalue weighted by molar-refractivity contribution is -0.00833. The number of amides is 1. The van der Waals surface area contributed by atoms with Crippen molar-refractivity contribution in [3.05, 3.63) is 33.8 Å². The van der Waals surface area contributed by atoms with Crippen molar-refractivity contribution in [3.63, 3.8) is 0 Å². The molecule has 0 unspecified atom stereocenters. The lowest BCUT2D eigenvalue weighted by atomic mass is 10.0. The summed E-state index contributed by atoms with van der Waals surface area (Å²) in [6, 6.07) is 4.81. The van der Waals surface area contributed by atoms with Gasteiger partial charge >= 0.3 is 0 Å². The molecule has 0 bridgehead atoms. The highest BCUT2D eigenvalue weighted by atomic mass is 35.5. The minimum absolute atomic E-state index is 0.0104. The Balaban J connectivity index is 1.71. The molecule has 1 amide bonds. The van der Waals surface area contributed by atoms with Crippen LogP contribution in [-0.4, -0.2) is 75.3 Å². The maximum absolute atomic E-state index is 12.2. The monoisotopic (exact) mass is 429 g/mol. The third kappa shape index (κ3) is 6.81. The van der Waals surface area contributed by atoms with E-state index in [-0.39, 0.29) is 11.4 Å². The quantitative estimate of drug-likeness (QED) is 0.351. The van der Waals surface area contributed by atoms with Crippen LogP contribution in [0.1, 0.15) is 24.2 Å². The number of halogens is 2. The molecule has 1 aromatic rings. The number of nitrogens with one attached hydrogen (secondary N) is 3. The number of hydrogen-bond donors (Lipinski definition) is 3. The number of benzene rings is 1. The minimum atomic E-state index is -0.197. The standard InChI is InChI=1S/C19H29Cl2N5O2/c1-19(2,26-8-10-28-11-9-26)13-25-18(22-3)24-7-6-23-17(27)14-4-5-15(20)16(21)12-14/h4-5,12H,6-11,13H2,1-3H3,(H,23,27)(H2,22,24,25). The van der Waals surface area contributed by atoms with Gasteiger partial charge in [0.25, 0.3) is 5.91 Å². The van der Waals surface area contributed by atoms with Gasteiger partial charge in [0, 0.05) is 50.9 Å². The van der Waals surface area contributed by atoms with Gasteiger partial charge < -0.3 is 20.7 Å². The third-order valence-electron chi connectivity index (χ3n) is 4.66. The van der Waals surface area contributed by atoms with Crippen LogP contribution in [0.4, 0.5) is 0 Å². The molecule has 0 aliphatic carbocycles. The number of ether oxygens (including phenoxy) is 1. The normalized spacial score (nSPS) is 16.0. The lowest BCUT2D eigenvalue weighted by Gasteiger charge is -2.41. The first-order chi connectivity index (χ1) is 13.3. The zero-order valence-electron chi connectivity index (χ0n) is 16.6. The minimum Gasteiger partial charge on any atom is -0.379 e. The number of carbonyl (C=O) groups excluding carboxylic acids is 1. The van der Waals surface area contributed by atoms with E-state index < -0.39 is 0 Å². The predicted octanol–water partition coefficient (Wildman–Crippen LogP) is 2.00. The average molecular weight is 430 g/mol. The van der Waals surface area contributed by atoms with Crippen LogP contribution in [0.2, 0.25) is 10.0 Å². The summed E-state index contributed by atoms with van der Waals surface area (Å²) in [7, 11) is 1.73. The van der Waals surface area contributed by atoms with Crippen LogP contribution in [0.15, 0.2) is 23.2 Å². The fourth-order valence-corrected chi connectivity index (χ4v) is 3.20. The van der Waals surface area contributed by atoms with E-state index in [1.165, 1.54) is 0 Å². The van der Waals surface area contributed by atoms with E-state index >= 15 is 0 Å². The Bertz CT molecular complexity index is 691. The van der Waals surface area contributed by atoms with Gasteiger partial charge in [-0.25, -0.2) is 0 Å². The zero-order chi connectivity index (χ0) is 20.6. The Morgan fingerprint density at radius 1 is 1.14 bits per heavy atom. The molecule has 0 aromatic heterocycles. The molecule has 0 atom stereocenters. The summed E-state index contributed by atoms with van der Waals surface area (Å²) in [5.74, 6) is 0.502. The highest BCUT2D eigenvalue weighted by Crippen LogP contribution is 2.22. The fraction of sp³-hybridized carbons (Fsp3) is 0.579. The van der Waals surface area contributed by atoms with E-state index in [1.807, 2.05) is 0 Å². The van der Waals surface area contributed by atoms with E-state index in [0.29, 0.717) is 34.7 Å². The summed E-state index contributed by atoms with van der Waals surface area (Å²) in [6.45, 7) is 9.57. The van der Waals surface area contributed by atoms with Gasteiger partial charge in [-0.05, 0) is 32.0 Å². The van der Waals surface area contributed by atoms with Crippen molar-refractivity contribution in [1.82, 2.24) is 20.9 Å². The second-order valence-electron chi connectivity index (χ2n) is 7.15. The van der Waals surface area contributed by atoms with Crippen molar-refractivity contribution in [2.45, 2.75) is 19.4 Å². The molecule has 0 spiro atoms. The molecular formula is C19H29Cl2N5O2. The third-order valence-corrected chi connectivity index (χ3v) is 5.40. The van der Waals surface area contributed by atoms with Crippen molar-refractivity contribution < 1.29 is 9.53 Å². The molecule has 156 valence electrons. The predicted molar refractivity (Wildman–Crippen MR) is 115 cm³/mol. The first kappa shape index (κ1) is 22.7. The number of aliphatic imine (C=N–C) groups is 1. The lowest BCUT2D eigenvalue weighted by Crippen LogP contribution is -2.56. The molecule has 1 heterocycles. The topological polar surface area (TPSA) is 78.0 Å². The summed E-state index contributed by atoms with van der Waals surface area (Å²) in [5, 5.41) is 10.2. The van der Waals surface area contributed by atoms with Crippen molar-refractivity contribution in [3.8, 4) is 0 Å². The molecule has 1 aliphatic rings. The number of carbonyl (C=O) groups is 1. The van der Waals surface area contributed by atoms with Crippen LogP contribution in [0.3, 0.4) is 0 Å². The number of nitrogens with zero attached hydrogens (tertiary/aromatic N) is 2. The second-order valence-corrected chi connectivity index (χ2v) is 7.96. The summed E-state index contributed by atoms with van der Waals surface area (Å²) in [5.41, 5.74) is 0.466. The van der Waals surface area contributed by atoms with E-state index in [4.69, 9.17) is 27.9 Å². The van der Waals surface area contributed by atoms with Gasteiger partial charge in [-0.3, -0.25) is 14.7 Å². The number of guanidine groups is 1. The maximum Gasteiger partial charge on any atom is 0.251 e. The molecule has 1 saturated heterocycles. The fourth-order valence-electron chi connectivity index (χ4n) is 2.90. The van der Waals surface area contributed by atoms with Crippen LogP contribution < -0.4 is 16.0 Å². The molecule has 3 N–H and O–H groups in total. The Morgan fingerprint density at radius 3 is 2.46 bits per heavy atom. The molecule has 0 saturated carbocycles. The molecule has 1 aromatic carbocycles. The van der Waals surface area contributed by atoms with Crippen LogP contribution >= 0.6 is 23.2 Å². The van der Waals surface area contributed by atoms with Crippen LogP contribution in [-0.2, 0) is 4.74 Å². The average Bonchev–Trinajstić information content (AvgIpc) is 2.70. The molecule has 9 heteroatoms. The van der Waals surface area contributed by atoms with E-state index in [0.717, 1.165) is 32.8 Å². The van der Waals surface area contributed by atoms with Crippen LogP contribution in [0.25, 0.3) is 0 Å². The summed E-state index contributed by atoms with van der Waals surface area (Å²) in [6.07, 6.45) is 0.